The van der Waals surface area contributed by atoms with Gasteiger partial charge in [-0.25, -0.2) is 4.98 Å². The summed E-state index contributed by atoms with van der Waals surface area (Å²) in [6.07, 6.45) is 1.71. The Labute approximate surface area is 137 Å². The molecule has 0 atom stereocenters. The van der Waals surface area contributed by atoms with Gasteiger partial charge in [0, 0.05) is 24.6 Å². The lowest BCUT2D eigenvalue weighted by atomic mass is 10.1. The van der Waals surface area contributed by atoms with E-state index in [2.05, 4.69) is 15.4 Å². The zero-order chi connectivity index (χ0) is 17.3. The smallest absolute Gasteiger partial charge is 0.269 e. The van der Waals surface area contributed by atoms with Crippen molar-refractivity contribution < 1.29 is 9.72 Å². The van der Waals surface area contributed by atoms with E-state index in [1.54, 1.807) is 23.0 Å². The molecular formula is C16H15N5O3. The molecule has 8 nitrogen and oxygen atoms in total. The van der Waals surface area contributed by atoms with Gasteiger partial charge in [-0.1, -0.05) is 12.1 Å². The molecule has 3 aromatic rings. The monoisotopic (exact) mass is 325 g/mol. The van der Waals surface area contributed by atoms with Crippen molar-refractivity contribution in [3.63, 3.8) is 0 Å². The summed E-state index contributed by atoms with van der Waals surface area (Å²) >= 11 is 0. The van der Waals surface area contributed by atoms with Gasteiger partial charge in [-0.2, -0.15) is 5.10 Å². The van der Waals surface area contributed by atoms with Gasteiger partial charge in [0.1, 0.15) is 0 Å². The fourth-order valence-electron chi connectivity index (χ4n) is 2.50. The number of aryl methyl sites for hydroxylation is 2. The third kappa shape index (κ3) is 3.07. The first-order chi connectivity index (χ1) is 11.4. The molecule has 0 unspecified atom stereocenters. The maximum Gasteiger partial charge on any atom is 0.269 e. The quantitative estimate of drug-likeness (QED) is 0.586. The summed E-state index contributed by atoms with van der Waals surface area (Å²) in [6, 6.07) is 7.75. The van der Waals surface area contributed by atoms with Gasteiger partial charge in [-0.05, 0) is 18.6 Å². The first-order valence-electron chi connectivity index (χ1n) is 7.26. The van der Waals surface area contributed by atoms with Crippen LogP contribution in [0, 0.1) is 17.0 Å². The van der Waals surface area contributed by atoms with Crippen LogP contribution in [-0.2, 0) is 18.3 Å². The molecule has 0 saturated carbocycles. The van der Waals surface area contributed by atoms with Crippen molar-refractivity contribution in [2.75, 3.05) is 5.32 Å². The number of nitro benzene ring substituents is 1. The third-order valence-corrected chi connectivity index (χ3v) is 3.66. The molecule has 0 aliphatic rings. The normalized spacial score (nSPS) is 10.8. The SMILES string of the molecule is Cc1nn(C)c2ncc(NC(=O)Cc3ccc([N+](=O)[O-])cc3)cc12. The zero-order valence-electron chi connectivity index (χ0n) is 13.2. The molecule has 0 bridgehead atoms. The van der Waals surface area contributed by atoms with Gasteiger partial charge in [0.15, 0.2) is 5.65 Å². The highest BCUT2D eigenvalue weighted by Crippen LogP contribution is 2.19. The number of benzene rings is 1. The molecule has 2 aromatic heterocycles. The number of nitrogens with one attached hydrogen (secondary N) is 1. The van der Waals surface area contributed by atoms with E-state index in [1.807, 2.05) is 20.0 Å². The van der Waals surface area contributed by atoms with E-state index in [1.165, 1.54) is 12.1 Å². The van der Waals surface area contributed by atoms with E-state index in [4.69, 9.17) is 0 Å². The molecule has 0 saturated heterocycles. The molecule has 1 N–H and O–H groups in total. The van der Waals surface area contributed by atoms with Gasteiger partial charge in [-0.15, -0.1) is 0 Å². The van der Waals surface area contributed by atoms with Crippen LogP contribution >= 0.6 is 0 Å². The fraction of sp³-hybridized carbons (Fsp3) is 0.188. The lowest BCUT2D eigenvalue weighted by Gasteiger charge is -2.05. The molecule has 1 amide bonds. The fourth-order valence-corrected chi connectivity index (χ4v) is 2.50. The average Bonchev–Trinajstić information content (AvgIpc) is 2.82. The summed E-state index contributed by atoms with van der Waals surface area (Å²) in [6.45, 7) is 1.88. The number of fused-ring (bicyclic) bond motifs is 1. The van der Waals surface area contributed by atoms with Crippen LogP contribution in [0.4, 0.5) is 11.4 Å². The van der Waals surface area contributed by atoms with Gasteiger partial charge < -0.3 is 5.32 Å². The molecule has 122 valence electrons. The standard InChI is InChI=1S/C16H15N5O3/c1-10-14-8-12(9-17-16(14)20(2)19-10)18-15(22)7-11-3-5-13(6-4-11)21(23)24/h3-6,8-9H,7H2,1-2H3,(H,18,22). The zero-order valence-corrected chi connectivity index (χ0v) is 13.2. The minimum absolute atomic E-state index is 0.000799. The van der Waals surface area contributed by atoms with E-state index in [9.17, 15) is 14.9 Å². The lowest BCUT2D eigenvalue weighted by molar-refractivity contribution is -0.384. The number of amides is 1. The Hall–Kier alpha value is -3.29. The van der Waals surface area contributed by atoms with Gasteiger partial charge in [-0.3, -0.25) is 19.6 Å². The van der Waals surface area contributed by atoms with Crippen molar-refractivity contribution in [3.05, 3.63) is 57.9 Å². The minimum Gasteiger partial charge on any atom is -0.324 e. The minimum atomic E-state index is -0.471. The summed E-state index contributed by atoms with van der Waals surface area (Å²) in [5, 5.41) is 18.6. The van der Waals surface area contributed by atoms with Gasteiger partial charge in [0.2, 0.25) is 5.91 Å². The number of anilines is 1. The number of pyridine rings is 1. The highest BCUT2D eigenvalue weighted by molar-refractivity contribution is 5.94. The van der Waals surface area contributed by atoms with Crippen molar-refractivity contribution in [1.82, 2.24) is 14.8 Å². The summed E-state index contributed by atoms with van der Waals surface area (Å²) in [5.41, 5.74) is 2.88. The van der Waals surface area contributed by atoms with Gasteiger partial charge >= 0.3 is 0 Å². The van der Waals surface area contributed by atoms with Crippen molar-refractivity contribution in [3.8, 4) is 0 Å². The van der Waals surface area contributed by atoms with Crippen LogP contribution in [0.3, 0.4) is 0 Å². The Balaban J connectivity index is 1.72. The Morgan fingerprint density at radius 1 is 1.33 bits per heavy atom. The Morgan fingerprint density at radius 2 is 2.04 bits per heavy atom. The molecule has 8 heteroatoms. The maximum absolute atomic E-state index is 12.1. The number of carbonyl (C=O) groups is 1. The number of hydrogen-bond acceptors (Lipinski definition) is 5. The molecule has 0 aliphatic heterocycles. The van der Waals surface area contributed by atoms with E-state index in [-0.39, 0.29) is 18.0 Å². The number of non-ortho nitro benzene ring substituents is 1. The van der Waals surface area contributed by atoms with E-state index < -0.39 is 4.92 Å². The van der Waals surface area contributed by atoms with Crippen LogP contribution in [0.1, 0.15) is 11.3 Å². The van der Waals surface area contributed by atoms with Crippen LogP contribution in [-0.4, -0.2) is 25.6 Å². The van der Waals surface area contributed by atoms with Crippen LogP contribution in [0.25, 0.3) is 11.0 Å². The molecule has 0 spiro atoms. The highest BCUT2D eigenvalue weighted by Gasteiger charge is 2.10. The van der Waals surface area contributed by atoms with E-state index in [0.717, 1.165) is 16.7 Å². The number of carbonyl (C=O) groups excluding carboxylic acids is 1. The van der Waals surface area contributed by atoms with Crippen LogP contribution in [0.15, 0.2) is 36.5 Å². The second-order valence-corrected chi connectivity index (χ2v) is 5.45. The number of hydrogen-bond donors (Lipinski definition) is 1. The average molecular weight is 325 g/mol. The maximum atomic E-state index is 12.1. The van der Waals surface area contributed by atoms with E-state index in [0.29, 0.717) is 11.3 Å². The Morgan fingerprint density at radius 3 is 2.71 bits per heavy atom. The second kappa shape index (κ2) is 6.07. The summed E-state index contributed by atoms with van der Waals surface area (Å²) < 4.78 is 1.69. The number of aromatic nitrogens is 3. The summed E-state index contributed by atoms with van der Waals surface area (Å²) in [7, 11) is 1.81. The highest BCUT2D eigenvalue weighted by atomic mass is 16.6. The summed E-state index contributed by atoms with van der Waals surface area (Å²) in [5.74, 6) is -0.216. The van der Waals surface area contributed by atoms with Gasteiger partial charge in [0.05, 0.1) is 28.9 Å². The Bertz CT molecular complexity index is 931. The number of nitro groups is 1. The molecule has 2 heterocycles. The van der Waals surface area contributed by atoms with Crippen LogP contribution in [0.2, 0.25) is 0 Å². The molecule has 24 heavy (non-hydrogen) atoms. The Kier molecular flexibility index (Phi) is 3.95. The third-order valence-electron chi connectivity index (χ3n) is 3.66. The molecular weight excluding hydrogens is 310 g/mol. The molecule has 1 aromatic carbocycles. The lowest BCUT2D eigenvalue weighted by Crippen LogP contribution is -2.14. The van der Waals surface area contributed by atoms with Gasteiger partial charge in [0.25, 0.3) is 5.69 Å². The predicted octanol–water partition coefficient (Wildman–Crippen LogP) is 2.37. The molecule has 0 aliphatic carbocycles. The van der Waals surface area contributed by atoms with E-state index >= 15 is 0 Å². The second-order valence-electron chi connectivity index (χ2n) is 5.45. The van der Waals surface area contributed by atoms with Crippen molar-refractivity contribution in [2.45, 2.75) is 13.3 Å². The predicted molar refractivity (Wildman–Crippen MR) is 88.7 cm³/mol. The molecule has 0 fully saturated rings. The van der Waals surface area contributed by atoms with Crippen LogP contribution < -0.4 is 5.32 Å². The van der Waals surface area contributed by atoms with Crippen LogP contribution in [0.5, 0.6) is 0 Å². The topological polar surface area (TPSA) is 103 Å². The summed E-state index contributed by atoms with van der Waals surface area (Å²) in [4.78, 5) is 26.6. The first-order valence-corrected chi connectivity index (χ1v) is 7.26. The molecule has 0 radical (unpaired) electrons. The first kappa shape index (κ1) is 15.6. The molecule has 3 rings (SSSR count). The number of nitrogens with zero attached hydrogens (tertiary/aromatic N) is 4. The van der Waals surface area contributed by atoms with Crippen molar-refractivity contribution >= 4 is 28.3 Å². The largest absolute Gasteiger partial charge is 0.324 e. The number of rotatable bonds is 4. The van der Waals surface area contributed by atoms with Crippen molar-refractivity contribution in [1.29, 1.82) is 0 Å². The van der Waals surface area contributed by atoms with Crippen molar-refractivity contribution in [2.24, 2.45) is 7.05 Å².